The monoisotopic (exact) mass is 584 g/mol. The zero-order valence-corrected chi connectivity index (χ0v) is 24.2. The number of benzene rings is 3. The summed E-state index contributed by atoms with van der Waals surface area (Å²) in [5.41, 5.74) is 11.2. The van der Waals surface area contributed by atoms with Gasteiger partial charge < -0.3 is 15.2 Å². The molecule has 2 N–H and O–H groups in total. The van der Waals surface area contributed by atoms with E-state index in [9.17, 15) is 20.2 Å². The van der Waals surface area contributed by atoms with Crippen molar-refractivity contribution in [2.45, 2.75) is 45.6 Å². The number of allylic oxidation sites excluding steroid dienone is 3. The van der Waals surface area contributed by atoms with Crippen molar-refractivity contribution in [2.75, 3.05) is 12.0 Å². The summed E-state index contributed by atoms with van der Waals surface area (Å²) in [6.45, 7) is 4.09. The molecule has 3 aromatic rings. The molecule has 42 heavy (non-hydrogen) atoms. The van der Waals surface area contributed by atoms with Crippen molar-refractivity contribution in [2.24, 2.45) is 5.73 Å². The topological polar surface area (TPSA) is 132 Å². The third-order valence-corrected chi connectivity index (χ3v) is 8.08. The van der Waals surface area contributed by atoms with Gasteiger partial charge in [0.15, 0.2) is 5.78 Å². The third-order valence-electron chi connectivity index (χ3n) is 7.76. The molecule has 9 nitrogen and oxygen atoms in total. The smallest absolute Gasteiger partial charge is 0.296 e. The number of aryl methyl sites for hydroxylation is 1. The van der Waals surface area contributed by atoms with E-state index in [1.807, 2.05) is 38.1 Å². The molecule has 2 aliphatic rings. The molecule has 1 heterocycles. The Labute approximate surface area is 248 Å². The second kappa shape index (κ2) is 11.6. The van der Waals surface area contributed by atoms with Gasteiger partial charge in [0, 0.05) is 17.7 Å². The molecule has 1 aliphatic carbocycles. The normalized spacial score (nSPS) is 16.7. The van der Waals surface area contributed by atoms with Crippen LogP contribution in [-0.4, -0.2) is 17.8 Å². The van der Waals surface area contributed by atoms with Crippen LogP contribution in [0, 0.1) is 35.3 Å². The van der Waals surface area contributed by atoms with Gasteiger partial charge in [-0.05, 0) is 67.6 Å². The number of nitro benzene ring substituents is 1. The third kappa shape index (κ3) is 5.06. The number of methoxy groups -OCH3 is 1. The second-order valence-corrected chi connectivity index (χ2v) is 10.7. The van der Waals surface area contributed by atoms with Gasteiger partial charge in [0.05, 0.1) is 40.7 Å². The van der Waals surface area contributed by atoms with E-state index in [1.165, 1.54) is 24.1 Å². The lowest BCUT2D eigenvalue weighted by Gasteiger charge is -2.40. The van der Waals surface area contributed by atoms with Gasteiger partial charge in [0.1, 0.15) is 29.6 Å². The van der Waals surface area contributed by atoms with Crippen LogP contribution in [0.4, 0.5) is 11.4 Å². The number of carbonyl (C=O) groups excluding carboxylic acids is 1. The van der Waals surface area contributed by atoms with Crippen LogP contribution in [0.5, 0.6) is 11.5 Å². The highest BCUT2D eigenvalue weighted by Gasteiger charge is 2.42. The number of para-hydroxylation sites is 1. The number of nitriles is 1. The number of Topliss-reactive ketones (excluding diaryl/α,β-unsaturated/α-hetero) is 1. The van der Waals surface area contributed by atoms with Crippen molar-refractivity contribution in [1.82, 2.24) is 0 Å². The van der Waals surface area contributed by atoms with Crippen LogP contribution in [0.1, 0.15) is 47.4 Å². The summed E-state index contributed by atoms with van der Waals surface area (Å²) in [4.78, 5) is 26.7. The molecule has 214 valence electrons. The van der Waals surface area contributed by atoms with E-state index in [-0.39, 0.29) is 35.2 Å². The first-order valence-electron chi connectivity index (χ1n) is 13.4. The second-order valence-electron chi connectivity index (χ2n) is 10.3. The standard InChI is InChI=1S/C32H29ClN4O5/c1-18-13-20(17-42-29-10-5-4-7-24(29)33)19(2)22(14-18)30-23(16-34)32(35)36(26-8-6-9-28(38)31(26)30)25-12-11-21(41-3)15-27(25)37(39)40/h4-5,7,10-15,30H,6,8-9,17,35H2,1-3H3. The number of halogens is 1. The maximum Gasteiger partial charge on any atom is 0.296 e. The number of rotatable bonds is 7. The molecular formula is C32H29ClN4O5. The predicted molar refractivity (Wildman–Crippen MR) is 159 cm³/mol. The lowest BCUT2D eigenvalue weighted by molar-refractivity contribution is -0.384. The maximum absolute atomic E-state index is 13.7. The van der Waals surface area contributed by atoms with E-state index in [2.05, 4.69) is 6.07 Å². The van der Waals surface area contributed by atoms with Crippen molar-refractivity contribution in [3.63, 3.8) is 0 Å². The van der Waals surface area contributed by atoms with Gasteiger partial charge in [-0.15, -0.1) is 0 Å². The fourth-order valence-corrected chi connectivity index (χ4v) is 5.96. The van der Waals surface area contributed by atoms with Gasteiger partial charge in [-0.3, -0.25) is 19.8 Å². The van der Waals surface area contributed by atoms with Crippen LogP contribution in [0.3, 0.4) is 0 Å². The van der Waals surface area contributed by atoms with Crippen molar-refractivity contribution in [3.05, 3.63) is 115 Å². The van der Waals surface area contributed by atoms with E-state index < -0.39 is 10.8 Å². The zero-order chi connectivity index (χ0) is 30.1. The number of hydrogen-bond donors (Lipinski definition) is 1. The van der Waals surface area contributed by atoms with Crippen molar-refractivity contribution >= 4 is 28.8 Å². The summed E-state index contributed by atoms with van der Waals surface area (Å²) in [6, 6.07) is 17.8. The SMILES string of the molecule is COc1ccc(N2C(N)=C(C#N)C(c3cc(C)cc(COc4ccccc4Cl)c3C)C3=C2CCCC3=O)c([N+](=O)[O-])c1. The van der Waals surface area contributed by atoms with Gasteiger partial charge in [-0.1, -0.05) is 41.4 Å². The summed E-state index contributed by atoms with van der Waals surface area (Å²) < 4.78 is 11.2. The van der Waals surface area contributed by atoms with Crippen molar-refractivity contribution in [3.8, 4) is 17.6 Å². The molecule has 1 aliphatic heterocycles. The van der Waals surface area contributed by atoms with Gasteiger partial charge in [0.2, 0.25) is 0 Å². The highest BCUT2D eigenvalue weighted by atomic mass is 35.5. The highest BCUT2D eigenvalue weighted by molar-refractivity contribution is 6.32. The van der Waals surface area contributed by atoms with Gasteiger partial charge >= 0.3 is 0 Å². The molecule has 1 unspecified atom stereocenters. The minimum Gasteiger partial charge on any atom is -0.496 e. The molecule has 1 atom stereocenters. The van der Waals surface area contributed by atoms with E-state index in [0.29, 0.717) is 47.1 Å². The molecule has 3 aromatic carbocycles. The fourth-order valence-electron chi connectivity index (χ4n) is 5.77. The number of nitrogens with two attached hydrogens (primary N) is 1. The quantitative estimate of drug-likeness (QED) is 0.238. The summed E-state index contributed by atoms with van der Waals surface area (Å²) in [6.07, 6.45) is 1.33. The number of nitro groups is 1. The van der Waals surface area contributed by atoms with Crippen LogP contribution in [0.15, 0.2) is 77.3 Å². The maximum atomic E-state index is 13.7. The number of ketones is 1. The summed E-state index contributed by atoms with van der Waals surface area (Å²) >= 11 is 6.29. The average molecular weight is 585 g/mol. The number of nitrogens with zero attached hydrogens (tertiary/aromatic N) is 3. The molecule has 0 spiro atoms. The first-order valence-corrected chi connectivity index (χ1v) is 13.8. The van der Waals surface area contributed by atoms with Crippen LogP contribution in [0.2, 0.25) is 5.02 Å². The molecule has 0 aromatic heterocycles. The van der Waals surface area contributed by atoms with Crippen LogP contribution in [0.25, 0.3) is 0 Å². The molecule has 10 heteroatoms. The molecule has 0 fully saturated rings. The molecule has 0 bridgehead atoms. The summed E-state index contributed by atoms with van der Waals surface area (Å²) in [7, 11) is 1.42. The van der Waals surface area contributed by atoms with E-state index in [1.54, 1.807) is 18.2 Å². The molecule has 0 radical (unpaired) electrons. The van der Waals surface area contributed by atoms with Crippen LogP contribution in [-0.2, 0) is 11.4 Å². The van der Waals surface area contributed by atoms with Gasteiger partial charge in [0.25, 0.3) is 5.69 Å². The number of anilines is 1. The van der Waals surface area contributed by atoms with E-state index >= 15 is 0 Å². The molecule has 0 saturated heterocycles. The summed E-state index contributed by atoms with van der Waals surface area (Å²) in [5.74, 6) is 0.0614. The van der Waals surface area contributed by atoms with E-state index in [0.717, 1.165) is 22.3 Å². The van der Waals surface area contributed by atoms with Crippen LogP contribution < -0.4 is 20.1 Å². The first kappa shape index (κ1) is 28.7. The molecule has 5 rings (SSSR count). The lowest BCUT2D eigenvalue weighted by atomic mass is 9.73. The summed E-state index contributed by atoms with van der Waals surface area (Å²) in [5, 5.41) is 23.1. The highest BCUT2D eigenvalue weighted by Crippen LogP contribution is 2.49. The van der Waals surface area contributed by atoms with Gasteiger partial charge in [-0.25, -0.2) is 0 Å². The fraction of sp³-hybridized carbons (Fsp3) is 0.250. The van der Waals surface area contributed by atoms with Crippen molar-refractivity contribution in [1.29, 1.82) is 5.26 Å². The van der Waals surface area contributed by atoms with Crippen LogP contribution >= 0.6 is 11.6 Å². The average Bonchev–Trinajstić information content (AvgIpc) is 2.97. The first-order chi connectivity index (χ1) is 20.2. The minimum absolute atomic E-state index is 0.0546. The Bertz CT molecular complexity index is 1720. The Morgan fingerprint density at radius 3 is 2.62 bits per heavy atom. The van der Waals surface area contributed by atoms with E-state index in [4.69, 9.17) is 26.8 Å². The lowest BCUT2D eigenvalue weighted by Crippen LogP contribution is -2.39. The van der Waals surface area contributed by atoms with Gasteiger partial charge in [-0.2, -0.15) is 5.26 Å². The predicted octanol–water partition coefficient (Wildman–Crippen LogP) is 6.76. The Hall–Kier alpha value is -4.81. The number of hydrogen-bond acceptors (Lipinski definition) is 8. The zero-order valence-electron chi connectivity index (χ0n) is 23.4. The molecule has 0 amide bonds. The van der Waals surface area contributed by atoms with Crippen molar-refractivity contribution < 1.29 is 19.2 Å². The Kier molecular flexibility index (Phi) is 7.92. The number of carbonyl (C=O) groups is 1. The largest absolute Gasteiger partial charge is 0.496 e. The molecule has 0 saturated carbocycles. The number of ether oxygens (including phenoxy) is 2. The Morgan fingerprint density at radius 1 is 1.17 bits per heavy atom. The molecular weight excluding hydrogens is 556 g/mol. The Balaban J connectivity index is 1.68. The Morgan fingerprint density at radius 2 is 1.93 bits per heavy atom. The minimum atomic E-state index is -0.731.